The zero-order valence-electron chi connectivity index (χ0n) is 21.1. The number of sulfone groups is 1. The molecule has 3 aromatic rings. The molecule has 2 heterocycles. The van der Waals surface area contributed by atoms with Gasteiger partial charge in [-0.2, -0.15) is 0 Å². The van der Waals surface area contributed by atoms with Gasteiger partial charge in [0.2, 0.25) is 5.90 Å². The second-order valence-electron chi connectivity index (χ2n) is 9.45. The van der Waals surface area contributed by atoms with E-state index in [0.717, 1.165) is 5.56 Å². The molecule has 9 heteroatoms. The maximum absolute atomic E-state index is 14.1. The van der Waals surface area contributed by atoms with Crippen LogP contribution in [0.3, 0.4) is 0 Å². The average Bonchev–Trinajstić information content (AvgIpc) is 3.26. The maximum Gasteiger partial charge on any atom is 0.259 e. The average molecular weight is 535 g/mol. The van der Waals surface area contributed by atoms with Gasteiger partial charge in [0.05, 0.1) is 17.3 Å². The van der Waals surface area contributed by atoms with Crippen molar-refractivity contribution in [2.24, 2.45) is 4.99 Å². The van der Waals surface area contributed by atoms with Gasteiger partial charge in [-0.15, -0.1) is 0 Å². The molecule has 1 spiro atoms. The fraction of sp³-hybridized carbons (Fsp3) is 0.310. The van der Waals surface area contributed by atoms with Gasteiger partial charge >= 0.3 is 0 Å². The number of aliphatic imine (C=N–C) groups is 1. The molecule has 198 valence electrons. The van der Waals surface area contributed by atoms with Crippen LogP contribution in [0.4, 0.5) is 5.69 Å². The molecular formula is C29H30N2O6S. The van der Waals surface area contributed by atoms with Crippen molar-refractivity contribution in [3.05, 3.63) is 90.0 Å². The number of para-hydroxylation sites is 1. The molecular weight excluding hydrogens is 504 g/mol. The second-order valence-corrected chi connectivity index (χ2v) is 11.6. The number of ether oxygens (including phenoxy) is 2. The summed E-state index contributed by atoms with van der Waals surface area (Å²) in [5.74, 6) is 0.545. The van der Waals surface area contributed by atoms with E-state index in [0.29, 0.717) is 42.3 Å². The molecule has 3 aromatic carbocycles. The number of benzene rings is 3. The summed E-state index contributed by atoms with van der Waals surface area (Å²) in [6.45, 7) is 2.31. The van der Waals surface area contributed by atoms with Crippen molar-refractivity contribution in [2.75, 3.05) is 30.4 Å². The Morgan fingerprint density at radius 1 is 1.05 bits per heavy atom. The van der Waals surface area contributed by atoms with Crippen molar-refractivity contribution < 1.29 is 27.8 Å². The van der Waals surface area contributed by atoms with Crippen molar-refractivity contribution in [3.8, 4) is 5.75 Å². The molecule has 1 N–H and O–H groups in total. The molecule has 0 fully saturated rings. The Morgan fingerprint density at radius 3 is 2.50 bits per heavy atom. The Morgan fingerprint density at radius 2 is 1.76 bits per heavy atom. The predicted octanol–water partition coefficient (Wildman–Crippen LogP) is 3.42. The number of hydrogen-bond donors (Lipinski definition) is 1. The van der Waals surface area contributed by atoms with Gasteiger partial charge < -0.3 is 19.5 Å². The Bertz CT molecular complexity index is 1440. The van der Waals surface area contributed by atoms with Crippen LogP contribution in [0.2, 0.25) is 0 Å². The fourth-order valence-corrected chi connectivity index (χ4v) is 6.09. The maximum atomic E-state index is 14.1. The summed E-state index contributed by atoms with van der Waals surface area (Å²) < 4.78 is 37.7. The summed E-state index contributed by atoms with van der Waals surface area (Å²) in [4.78, 5) is 20.7. The van der Waals surface area contributed by atoms with E-state index < -0.39 is 21.5 Å². The summed E-state index contributed by atoms with van der Waals surface area (Å²) >= 11 is 0. The lowest BCUT2D eigenvalue weighted by Gasteiger charge is -2.39. The molecule has 0 radical (unpaired) electrons. The minimum absolute atomic E-state index is 0.00622. The monoisotopic (exact) mass is 534 g/mol. The number of amides is 1. The molecule has 0 saturated carbocycles. The van der Waals surface area contributed by atoms with E-state index in [1.807, 2.05) is 43.3 Å². The van der Waals surface area contributed by atoms with Crippen LogP contribution in [0.5, 0.6) is 5.75 Å². The zero-order chi connectivity index (χ0) is 26.8. The van der Waals surface area contributed by atoms with Crippen molar-refractivity contribution in [2.45, 2.75) is 36.3 Å². The summed E-state index contributed by atoms with van der Waals surface area (Å²) in [5, 5.41) is 8.93. The van der Waals surface area contributed by atoms with Gasteiger partial charge in [-0.1, -0.05) is 36.4 Å². The molecule has 1 amide bonds. The highest BCUT2D eigenvalue weighted by atomic mass is 32.2. The minimum Gasteiger partial charge on any atom is -0.494 e. The van der Waals surface area contributed by atoms with Crippen molar-refractivity contribution in [1.82, 2.24) is 0 Å². The number of aliphatic hydroxyl groups excluding tert-OH is 1. The third-order valence-corrected chi connectivity index (χ3v) is 8.69. The van der Waals surface area contributed by atoms with E-state index in [1.54, 1.807) is 47.4 Å². The third-order valence-electron chi connectivity index (χ3n) is 6.98. The topological polar surface area (TPSA) is 106 Å². The number of carbonyl (C=O) groups excluding carboxylic acids is 1. The lowest BCUT2D eigenvalue weighted by molar-refractivity contribution is -0.126. The molecule has 0 bridgehead atoms. The molecule has 0 unspecified atom stereocenters. The molecule has 0 aliphatic carbocycles. The lowest BCUT2D eigenvalue weighted by Crippen LogP contribution is -2.58. The number of hydrogen-bond acceptors (Lipinski definition) is 7. The molecule has 0 aromatic heterocycles. The van der Waals surface area contributed by atoms with E-state index in [1.165, 1.54) is 0 Å². The van der Waals surface area contributed by atoms with Crippen molar-refractivity contribution >= 4 is 27.3 Å². The first kappa shape index (κ1) is 25.9. The largest absolute Gasteiger partial charge is 0.494 e. The Balaban J connectivity index is 1.43. The van der Waals surface area contributed by atoms with Crippen LogP contribution in [-0.4, -0.2) is 62.5 Å². The normalized spacial score (nSPS) is 20.7. The predicted molar refractivity (Wildman–Crippen MR) is 144 cm³/mol. The van der Waals surface area contributed by atoms with Crippen LogP contribution in [-0.2, 0) is 25.8 Å². The number of rotatable bonds is 9. The van der Waals surface area contributed by atoms with Crippen LogP contribution in [0.15, 0.2) is 88.8 Å². The van der Waals surface area contributed by atoms with E-state index in [9.17, 15) is 13.2 Å². The first-order chi connectivity index (χ1) is 18.3. The van der Waals surface area contributed by atoms with E-state index in [2.05, 4.69) is 0 Å². The highest BCUT2D eigenvalue weighted by molar-refractivity contribution is 7.91. The van der Waals surface area contributed by atoms with Gasteiger partial charge in [0.25, 0.3) is 5.91 Å². The van der Waals surface area contributed by atoms with Gasteiger partial charge in [0.1, 0.15) is 11.9 Å². The van der Waals surface area contributed by atoms with E-state index >= 15 is 0 Å². The third kappa shape index (κ3) is 4.91. The summed E-state index contributed by atoms with van der Waals surface area (Å²) in [5.41, 5.74) is 1.13. The molecule has 8 nitrogen and oxygen atoms in total. The number of anilines is 1. The van der Waals surface area contributed by atoms with Crippen LogP contribution < -0.4 is 9.64 Å². The van der Waals surface area contributed by atoms with Gasteiger partial charge in [-0.25, -0.2) is 13.4 Å². The summed E-state index contributed by atoms with van der Waals surface area (Å²) in [6, 6.07) is 23.0. The number of fused-ring (bicyclic) bond motifs is 1. The van der Waals surface area contributed by atoms with Crippen LogP contribution >= 0.6 is 0 Å². The molecule has 0 saturated heterocycles. The van der Waals surface area contributed by atoms with Crippen molar-refractivity contribution in [3.63, 3.8) is 0 Å². The lowest BCUT2D eigenvalue weighted by atomic mass is 9.81. The second kappa shape index (κ2) is 10.6. The molecule has 2 atom stereocenters. The standard InChI is InChI=1S/C29H30N2O6S/c1-21-29(30-27(37-21)22-12-14-24(15-13-22)36-18-7-17-32)20-23-8-5-6-11-26(23)31(28(29)33)16-19-38(34,35)25-9-3-2-4-10-25/h2-6,8-15,21,32H,7,16-20H2,1H3/t21-,29-/m1/s1. The van der Waals surface area contributed by atoms with Gasteiger partial charge in [-0.3, -0.25) is 4.79 Å². The molecule has 2 aliphatic rings. The fourth-order valence-electron chi connectivity index (χ4n) is 4.86. The first-order valence-corrected chi connectivity index (χ1v) is 14.3. The molecule has 5 rings (SSSR count). The Hall–Kier alpha value is -3.69. The minimum atomic E-state index is -3.59. The highest BCUT2D eigenvalue weighted by Crippen LogP contribution is 2.41. The Kier molecular flexibility index (Phi) is 7.23. The van der Waals surface area contributed by atoms with Gasteiger partial charge in [0.15, 0.2) is 15.4 Å². The van der Waals surface area contributed by atoms with Gasteiger partial charge in [-0.05, 0) is 55.0 Å². The van der Waals surface area contributed by atoms with E-state index in [4.69, 9.17) is 19.6 Å². The number of aliphatic hydroxyl groups is 1. The highest BCUT2D eigenvalue weighted by Gasteiger charge is 2.55. The molecule has 38 heavy (non-hydrogen) atoms. The zero-order valence-corrected chi connectivity index (χ0v) is 21.9. The van der Waals surface area contributed by atoms with E-state index in [-0.39, 0.29) is 29.7 Å². The quantitative estimate of drug-likeness (QED) is 0.422. The van der Waals surface area contributed by atoms with Crippen molar-refractivity contribution in [1.29, 1.82) is 0 Å². The number of nitrogens with zero attached hydrogens (tertiary/aromatic N) is 2. The SMILES string of the molecule is C[C@H]1OC(c2ccc(OCCCO)cc2)=N[C@]12Cc1ccccc1N(CCS(=O)(=O)c1ccccc1)C2=O. The molecule has 2 aliphatic heterocycles. The van der Waals surface area contributed by atoms with Crippen LogP contribution in [0.25, 0.3) is 0 Å². The first-order valence-electron chi connectivity index (χ1n) is 12.6. The van der Waals surface area contributed by atoms with Crippen LogP contribution in [0.1, 0.15) is 24.5 Å². The summed E-state index contributed by atoms with van der Waals surface area (Å²) in [7, 11) is -3.59. The smallest absolute Gasteiger partial charge is 0.259 e. The number of carbonyl (C=O) groups is 1. The summed E-state index contributed by atoms with van der Waals surface area (Å²) in [6.07, 6.45) is 0.355. The Labute approximate surface area is 222 Å². The van der Waals surface area contributed by atoms with Gasteiger partial charge in [0, 0.05) is 37.2 Å². The van der Waals surface area contributed by atoms with Crippen LogP contribution in [0, 0.1) is 0 Å².